The number of fused-ring (bicyclic) bond motifs is 1. The van der Waals surface area contributed by atoms with E-state index >= 15 is 0 Å². The first kappa shape index (κ1) is 36.9. The summed E-state index contributed by atoms with van der Waals surface area (Å²) in [6.45, 7) is 5.86. The van der Waals surface area contributed by atoms with Crippen molar-refractivity contribution in [2.45, 2.75) is 57.4 Å². The molecule has 3 heterocycles. The minimum absolute atomic E-state index is 0.0821. The fourth-order valence-corrected chi connectivity index (χ4v) is 7.91. The van der Waals surface area contributed by atoms with E-state index in [1.54, 1.807) is 47.5 Å². The Balaban J connectivity index is 1.15. The molecule has 2 fully saturated rings. The molecule has 2 aliphatic rings. The second kappa shape index (κ2) is 16.2. The van der Waals surface area contributed by atoms with E-state index in [0.29, 0.717) is 61.1 Å². The number of carbonyl (C=O) groups is 3. The smallest absolute Gasteiger partial charge is 0.254 e. The van der Waals surface area contributed by atoms with Crippen LogP contribution >= 0.6 is 0 Å². The Labute approximate surface area is 305 Å². The predicted molar refractivity (Wildman–Crippen MR) is 199 cm³/mol. The summed E-state index contributed by atoms with van der Waals surface area (Å²) >= 11 is 0. The van der Waals surface area contributed by atoms with Crippen molar-refractivity contribution in [3.05, 3.63) is 77.6 Å². The van der Waals surface area contributed by atoms with Crippen LogP contribution in [0.25, 0.3) is 11.0 Å². The average Bonchev–Trinajstić information content (AvgIpc) is 3.79. The third-order valence-electron chi connectivity index (χ3n) is 10.9. The van der Waals surface area contributed by atoms with Gasteiger partial charge in [0.15, 0.2) is 17.3 Å². The zero-order valence-corrected chi connectivity index (χ0v) is 31.0. The Morgan fingerprint density at radius 3 is 2.17 bits per heavy atom. The van der Waals surface area contributed by atoms with Gasteiger partial charge >= 0.3 is 0 Å². The highest BCUT2D eigenvalue weighted by atomic mass is 16.5. The van der Waals surface area contributed by atoms with Crippen molar-refractivity contribution in [2.75, 3.05) is 61.2 Å². The van der Waals surface area contributed by atoms with Crippen molar-refractivity contribution < 1.29 is 33.3 Å². The molecule has 11 nitrogen and oxygen atoms in total. The zero-order valence-electron chi connectivity index (χ0n) is 31.0. The topological polar surface area (TPSA) is 112 Å². The van der Waals surface area contributed by atoms with E-state index in [1.165, 1.54) is 5.56 Å². The summed E-state index contributed by atoms with van der Waals surface area (Å²) in [7, 11) is 6.30. The predicted octanol–water partition coefficient (Wildman–Crippen LogP) is 6.21. The van der Waals surface area contributed by atoms with E-state index in [2.05, 4.69) is 17.0 Å². The van der Waals surface area contributed by atoms with Gasteiger partial charge in [0.25, 0.3) is 5.91 Å². The minimum atomic E-state index is -0.250. The van der Waals surface area contributed by atoms with Crippen LogP contribution < -0.4 is 18.9 Å². The molecule has 1 aromatic heterocycles. The molecular weight excluding hydrogens is 660 g/mol. The summed E-state index contributed by atoms with van der Waals surface area (Å²) in [5, 5.41) is 0. The van der Waals surface area contributed by atoms with Crippen LogP contribution in [0.3, 0.4) is 0 Å². The fourth-order valence-electron chi connectivity index (χ4n) is 7.91. The van der Waals surface area contributed by atoms with Crippen LogP contribution in [0.1, 0.15) is 72.0 Å². The molecule has 6 rings (SSSR count). The number of para-hydroxylation sites is 2. The number of hydrogen-bond donors (Lipinski definition) is 0. The van der Waals surface area contributed by atoms with Crippen LogP contribution in [-0.4, -0.2) is 98.0 Å². The van der Waals surface area contributed by atoms with Gasteiger partial charge < -0.3 is 38.1 Å². The lowest BCUT2D eigenvalue weighted by atomic mass is 9.76. The number of likely N-dealkylation sites (tertiary alicyclic amines) is 2. The number of ether oxygens (including phenoxy) is 4. The number of benzene rings is 3. The molecule has 0 N–H and O–H groups in total. The number of amides is 1. The normalized spacial score (nSPS) is 18.1. The van der Waals surface area contributed by atoms with Gasteiger partial charge in [-0.05, 0) is 101 Å². The number of nitrogens with zero attached hydrogens (tertiary/aromatic N) is 4. The maximum Gasteiger partial charge on any atom is 0.254 e. The van der Waals surface area contributed by atoms with Gasteiger partial charge in [0.1, 0.15) is 11.5 Å². The van der Waals surface area contributed by atoms with Crippen LogP contribution in [0.2, 0.25) is 0 Å². The van der Waals surface area contributed by atoms with Gasteiger partial charge in [-0.1, -0.05) is 24.3 Å². The second-order valence-electron chi connectivity index (χ2n) is 14.0. The third-order valence-corrected chi connectivity index (χ3v) is 10.9. The van der Waals surface area contributed by atoms with Gasteiger partial charge in [0.2, 0.25) is 11.5 Å². The van der Waals surface area contributed by atoms with Crippen LogP contribution in [0.4, 0.5) is 0 Å². The number of methoxy groups -OCH3 is 4. The third kappa shape index (κ3) is 7.65. The molecule has 0 bridgehead atoms. The van der Waals surface area contributed by atoms with Crippen LogP contribution in [0.15, 0.2) is 60.7 Å². The lowest BCUT2D eigenvalue weighted by molar-refractivity contribution is -0.117. The van der Waals surface area contributed by atoms with Crippen molar-refractivity contribution in [3.8, 4) is 23.0 Å². The Kier molecular flexibility index (Phi) is 11.5. The highest BCUT2D eigenvalue weighted by molar-refractivity contribution is 5.98. The number of piperidine rings is 1. The highest BCUT2D eigenvalue weighted by Crippen LogP contribution is 2.42. The van der Waals surface area contributed by atoms with Crippen LogP contribution in [0, 0.1) is 5.92 Å². The van der Waals surface area contributed by atoms with E-state index in [1.807, 2.05) is 45.9 Å². The van der Waals surface area contributed by atoms with Gasteiger partial charge in [0.05, 0.1) is 39.5 Å². The molecule has 1 amide bonds. The van der Waals surface area contributed by atoms with Crippen molar-refractivity contribution in [2.24, 2.45) is 5.92 Å². The number of aryl methyl sites for hydroxylation is 1. The fraction of sp³-hybridized carbons (Fsp3) is 0.463. The maximum atomic E-state index is 14.0. The summed E-state index contributed by atoms with van der Waals surface area (Å²) < 4.78 is 24.0. The Bertz CT molecular complexity index is 1870. The number of Topliss-reactive ketones (excluding diaryl/α,β-unsaturated/α-hetero) is 2. The first-order valence-corrected chi connectivity index (χ1v) is 18.2. The number of ketones is 2. The van der Waals surface area contributed by atoms with Gasteiger partial charge in [-0.25, -0.2) is 4.98 Å². The molecule has 0 spiro atoms. The molecular formula is C41H50N4O7. The average molecular weight is 711 g/mol. The molecule has 0 aliphatic carbocycles. The monoisotopic (exact) mass is 710 g/mol. The molecule has 1 atom stereocenters. The molecule has 2 saturated heterocycles. The Morgan fingerprint density at radius 2 is 1.54 bits per heavy atom. The molecule has 0 radical (unpaired) electrons. The maximum absolute atomic E-state index is 14.0. The molecule has 11 heteroatoms. The van der Waals surface area contributed by atoms with E-state index in [0.717, 1.165) is 62.1 Å². The number of aromatic nitrogens is 2. The van der Waals surface area contributed by atoms with E-state index in [-0.39, 0.29) is 28.8 Å². The molecule has 0 saturated carbocycles. The molecule has 1 unspecified atom stereocenters. The Hall–Kier alpha value is -4.90. The summed E-state index contributed by atoms with van der Waals surface area (Å²) in [6, 6.07) is 19.5. The van der Waals surface area contributed by atoms with Crippen LogP contribution in [0.5, 0.6) is 23.0 Å². The molecule has 3 aromatic carbocycles. The standard InChI is InChI=1S/C41H50N4O7/c1-28(46)9-8-20-45-34-11-7-6-10-33(34)42-39(45)37(47)29-16-21-43(22-17-29)23-18-41(31-12-14-32(49-2)15-13-31)19-24-44(27-41)40(48)30-25-35(50-3)38(52-5)36(26-30)51-4/h6-7,10-15,25-26,29H,8-9,16-24,27H2,1-5H3. The zero-order chi connectivity index (χ0) is 36.8. The molecule has 276 valence electrons. The minimum Gasteiger partial charge on any atom is -0.497 e. The van der Waals surface area contributed by atoms with Crippen molar-refractivity contribution >= 4 is 28.5 Å². The van der Waals surface area contributed by atoms with E-state index in [4.69, 9.17) is 23.9 Å². The summed E-state index contributed by atoms with van der Waals surface area (Å²) in [5.41, 5.74) is 3.16. The van der Waals surface area contributed by atoms with Gasteiger partial charge in [0, 0.05) is 43.0 Å². The molecule has 2 aliphatic heterocycles. The number of imidazole rings is 1. The van der Waals surface area contributed by atoms with Gasteiger partial charge in [-0.3, -0.25) is 9.59 Å². The van der Waals surface area contributed by atoms with E-state index < -0.39 is 0 Å². The van der Waals surface area contributed by atoms with Crippen molar-refractivity contribution in [1.82, 2.24) is 19.4 Å². The summed E-state index contributed by atoms with van der Waals surface area (Å²) in [4.78, 5) is 48.7. The van der Waals surface area contributed by atoms with Gasteiger partial charge in [-0.2, -0.15) is 0 Å². The highest BCUT2D eigenvalue weighted by Gasteiger charge is 2.42. The summed E-state index contributed by atoms with van der Waals surface area (Å²) in [6.07, 6.45) is 4.37. The van der Waals surface area contributed by atoms with Crippen molar-refractivity contribution in [3.63, 3.8) is 0 Å². The second-order valence-corrected chi connectivity index (χ2v) is 14.0. The van der Waals surface area contributed by atoms with Crippen molar-refractivity contribution in [1.29, 1.82) is 0 Å². The quantitative estimate of drug-likeness (QED) is 0.133. The number of rotatable bonds is 15. The lowest BCUT2D eigenvalue weighted by Crippen LogP contribution is -2.41. The molecule has 52 heavy (non-hydrogen) atoms. The van der Waals surface area contributed by atoms with Crippen LogP contribution in [-0.2, 0) is 16.8 Å². The first-order chi connectivity index (χ1) is 25.2. The number of carbonyl (C=O) groups excluding carboxylic acids is 3. The Morgan fingerprint density at radius 1 is 0.846 bits per heavy atom. The molecule has 4 aromatic rings. The summed E-state index contributed by atoms with van der Waals surface area (Å²) in [5.74, 6) is 2.68. The largest absolute Gasteiger partial charge is 0.497 e. The van der Waals surface area contributed by atoms with E-state index in [9.17, 15) is 14.4 Å². The first-order valence-electron chi connectivity index (χ1n) is 18.2. The number of hydrogen-bond acceptors (Lipinski definition) is 9. The SMILES string of the molecule is COc1ccc(C2(CCN3CCC(C(=O)c4nc5ccccc5n4CCCC(C)=O)CC3)CCN(C(=O)c3cc(OC)c(OC)c(OC)c3)C2)cc1. The lowest BCUT2D eigenvalue weighted by Gasteiger charge is -2.36. The van der Waals surface area contributed by atoms with Gasteiger partial charge in [-0.15, -0.1) is 0 Å².